The van der Waals surface area contributed by atoms with Gasteiger partial charge in [0.25, 0.3) is 0 Å². The van der Waals surface area contributed by atoms with Crippen molar-refractivity contribution in [2.45, 2.75) is 39.2 Å². The molecule has 17 heavy (non-hydrogen) atoms. The van der Waals surface area contributed by atoms with Crippen LogP contribution < -0.4 is 11.1 Å². The van der Waals surface area contributed by atoms with E-state index in [9.17, 15) is 10.1 Å². The monoisotopic (exact) mass is 239 g/mol. The zero-order valence-corrected chi connectivity index (χ0v) is 10.0. The van der Waals surface area contributed by atoms with Gasteiger partial charge in [0.1, 0.15) is 6.33 Å². The summed E-state index contributed by atoms with van der Waals surface area (Å²) in [6, 6.07) is 0.114. The van der Waals surface area contributed by atoms with E-state index in [1.165, 1.54) is 6.33 Å². The molecule has 1 aromatic rings. The summed E-state index contributed by atoms with van der Waals surface area (Å²) in [5.74, 6) is 0.0706. The molecule has 0 aliphatic carbocycles. The first-order valence-electron chi connectivity index (χ1n) is 5.57. The van der Waals surface area contributed by atoms with Crippen molar-refractivity contribution in [3.63, 3.8) is 0 Å². The lowest BCUT2D eigenvalue weighted by atomic mass is 10.1. The number of nitro groups is 1. The van der Waals surface area contributed by atoms with Gasteiger partial charge in [-0.2, -0.15) is 0 Å². The van der Waals surface area contributed by atoms with Crippen molar-refractivity contribution in [3.05, 3.63) is 16.4 Å². The van der Waals surface area contributed by atoms with Crippen LogP contribution >= 0.6 is 0 Å². The Hall–Kier alpha value is -1.92. The lowest BCUT2D eigenvalue weighted by Crippen LogP contribution is -2.17. The van der Waals surface area contributed by atoms with Crippen molar-refractivity contribution in [1.82, 2.24) is 9.97 Å². The van der Waals surface area contributed by atoms with Gasteiger partial charge in [-0.25, -0.2) is 9.97 Å². The molecule has 0 bridgehead atoms. The molecular formula is C10H17N5O2. The van der Waals surface area contributed by atoms with Gasteiger partial charge in [0.2, 0.25) is 11.6 Å². The van der Waals surface area contributed by atoms with Gasteiger partial charge in [-0.1, -0.05) is 19.8 Å². The molecule has 1 unspecified atom stereocenters. The highest BCUT2D eigenvalue weighted by Crippen LogP contribution is 2.27. The minimum atomic E-state index is -0.565. The van der Waals surface area contributed by atoms with Crippen molar-refractivity contribution >= 4 is 17.3 Å². The summed E-state index contributed by atoms with van der Waals surface area (Å²) in [7, 11) is 0. The van der Waals surface area contributed by atoms with Gasteiger partial charge in [0.15, 0.2) is 0 Å². The lowest BCUT2D eigenvalue weighted by Gasteiger charge is -2.13. The Bertz CT molecular complexity index is 396. The molecule has 0 amide bonds. The highest BCUT2D eigenvalue weighted by atomic mass is 16.6. The van der Waals surface area contributed by atoms with Crippen LogP contribution in [0, 0.1) is 10.1 Å². The fourth-order valence-corrected chi connectivity index (χ4v) is 1.49. The van der Waals surface area contributed by atoms with Crippen molar-refractivity contribution in [2.24, 2.45) is 0 Å². The van der Waals surface area contributed by atoms with Gasteiger partial charge in [0.05, 0.1) is 4.92 Å². The van der Waals surface area contributed by atoms with Crippen LogP contribution in [-0.4, -0.2) is 20.9 Å². The maximum absolute atomic E-state index is 10.8. The molecule has 0 saturated heterocycles. The van der Waals surface area contributed by atoms with Crippen molar-refractivity contribution in [1.29, 1.82) is 0 Å². The maximum Gasteiger partial charge on any atom is 0.352 e. The number of rotatable bonds is 6. The zero-order chi connectivity index (χ0) is 12.8. The minimum absolute atomic E-state index is 0.114. The predicted octanol–water partition coefficient (Wildman–Crippen LogP) is 1.96. The quantitative estimate of drug-likeness (QED) is 0.580. The third-order valence-electron chi connectivity index (χ3n) is 2.41. The second-order valence-corrected chi connectivity index (χ2v) is 3.90. The summed E-state index contributed by atoms with van der Waals surface area (Å²) >= 11 is 0. The van der Waals surface area contributed by atoms with E-state index in [0.717, 1.165) is 19.3 Å². The Balaban J connectivity index is 2.83. The number of nitrogens with zero attached hydrogens (tertiary/aromatic N) is 3. The number of unbranched alkanes of at least 4 members (excludes halogenated alkanes) is 1. The molecule has 1 rings (SSSR count). The smallest absolute Gasteiger partial charge is 0.352 e. The van der Waals surface area contributed by atoms with Crippen molar-refractivity contribution in [3.8, 4) is 0 Å². The normalized spacial score (nSPS) is 12.1. The molecule has 0 aromatic carbocycles. The lowest BCUT2D eigenvalue weighted by molar-refractivity contribution is -0.383. The molecule has 3 N–H and O–H groups in total. The van der Waals surface area contributed by atoms with Gasteiger partial charge in [-0.15, -0.1) is 0 Å². The Labute approximate surface area is 99.6 Å². The first-order valence-corrected chi connectivity index (χ1v) is 5.57. The topological polar surface area (TPSA) is 107 Å². The second-order valence-electron chi connectivity index (χ2n) is 3.90. The van der Waals surface area contributed by atoms with Crippen LogP contribution in [0.1, 0.15) is 33.1 Å². The fraction of sp³-hybridized carbons (Fsp3) is 0.600. The first kappa shape index (κ1) is 13.1. The maximum atomic E-state index is 10.8. The average molecular weight is 239 g/mol. The SMILES string of the molecule is CCCCC(C)Nc1ncnc(N)c1[N+](=O)[O-]. The van der Waals surface area contributed by atoms with Crippen LogP contribution in [0.2, 0.25) is 0 Å². The fourth-order valence-electron chi connectivity index (χ4n) is 1.49. The number of nitrogens with two attached hydrogens (primary N) is 1. The van der Waals surface area contributed by atoms with Gasteiger partial charge in [-0.3, -0.25) is 10.1 Å². The summed E-state index contributed by atoms with van der Waals surface area (Å²) in [4.78, 5) is 17.8. The molecule has 94 valence electrons. The molecule has 0 aliphatic rings. The third kappa shape index (κ3) is 3.54. The van der Waals surface area contributed by atoms with Gasteiger partial charge < -0.3 is 11.1 Å². The molecule has 1 atom stereocenters. The Kier molecular flexibility index (Phi) is 4.62. The van der Waals surface area contributed by atoms with Crippen molar-refractivity contribution in [2.75, 3.05) is 11.1 Å². The molecule has 1 aromatic heterocycles. The standard InChI is InChI=1S/C10H17N5O2/c1-3-4-5-7(2)14-10-8(15(16)17)9(11)12-6-13-10/h6-7H,3-5H2,1-2H3,(H3,11,12,13,14). The van der Waals surface area contributed by atoms with E-state index >= 15 is 0 Å². The largest absolute Gasteiger partial charge is 0.378 e. The summed E-state index contributed by atoms with van der Waals surface area (Å²) in [5.41, 5.74) is 5.21. The minimum Gasteiger partial charge on any atom is -0.378 e. The predicted molar refractivity (Wildman–Crippen MR) is 65.7 cm³/mol. The average Bonchev–Trinajstić information content (AvgIpc) is 2.25. The van der Waals surface area contributed by atoms with Gasteiger partial charge in [-0.05, 0) is 13.3 Å². The van der Waals surface area contributed by atoms with E-state index in [4.69, 9.17) is 5.73 Å². The molecule has 7 heteroatoms. The van der Waals surface area contributed by atoms with Crippen LogP contribution in [0.15, 0.2) is 6.33 Å². The number of hydrogen-bond donors (Lipinski definition) is 2. The first-order chi connectivity index (χ1) is 8.06. The summed E-state index contributed by atoms with van der Waals surface area (Å²) in [6.07, 6.45) is 4.29. The molecule has 0 aliphatic heterocycles. The van der Waals surface area contributed by atoms with Crippen LogP contribution in [0.4, 0.5) is 17.3 Å². The number of aromatic nitrogens is 2. The molecule has 0 fully saturated rings. The van der Waals surface area contributed by atoms with Crippen LogP contribution in [0.5, 0.6) is 0 Å². The van der Waals surface area contributed by atoms with Gasteiger partial charge >= 0.3 is 5.69 Å². The Morgan fingerprint density at radius 3 is 2.88 bits per heavy atom. The summed E-state index contributed by atoms with van der Waals surface area (Å²) in [5, 5.41) is 13.8. The number of hydrogen-bond acceptors (Lipinski definition) is 6. The molecule has 0 spiro atoms. The molecular weight excluding hydrogens is 222 g/mol. The summed E-state index contributed by atoms with van der Waals surface area (Å²) in [6.45, 7) is 4.05. The highest BCUT2D eigenvalue weighted by Gasteiger charge is 2.21. The number of nitrogens with one attached hydrogen (secondary N) is 1. The van der Waals surface area contributed by atoms with E-state index in [-0.39, 0.29) is 23.4 Å². The van der Waals surface area contributed by atoms with Crippen molar-refractivity contribution < 1.29 is 4.92 Å². The van der Waals surface area contributed by atoms with E-state index in [2.05, 4.69) is 22.2 Å². The number of nitrogen functional groups attached to an aromatic ring is 1. The molecule has 7 nitrogen and oxygen atoms in total. The third-order valence-corrected chi connectivity index (χ3v) is 2.41. The van der Waals surface area contributed by atoms with E-state index in [1.807, 2.05) is 6.92 Å². The molecule has 0 radical (unpaired) electrons. The second kappa shape index (κ2) is 5.97. The summed E-state index contributed by atoms with van der Waals surface area (Å²) < 4.78 is 0. The van der Waals surface area contributed by atoms with E-state index in [1.54, 1.807) is 0 Å². The molecule has 0 saturated carbocycles. The molecule has 1 heterocycles. The number of anilines is 2. The van der Waals surface area contributed by atoms with Crippen LogP contribution in [-0.2, 0) is 0 Å². The van der Waals surface area contributed by atoms with E-state index < -0.39 is 4.92 Å². The van der Waals surface area contributed by atoms with Crippen LogP contribution in [0.3, 0.4) is 0 Å². The zero-order valence-electron chi connectivity index (χ0n) is 10.0. The van der Waals surface area contributed by atoms with Crippen LogP contribution in [0.25, 0.3) is 0 Å². The Morgan fingerprint density at radius 2 is 2.29 bits per heavy atom. The van der Waals surface area contributed by atoms with E-state index in [0.29, 0.717) is 0 Å². The Morgan fingerprint density at radius 1 is 1.59 bits per heavy atom. The van der Waals surface area contributed by atoms with Gasteiger partial charge in [0, 0.05) is 6.04 Å². The highest BCUT2D eigenvalue weighted by molar-refractivity contribution is 5.67.